The quantitative estimate of drug-likeness (QED) is 0.774. The fraction of sp³-hybridized carbons (Fsp3) is 0.562. The van der Waals surface area contributed by atoms with Crippen molar-refractivity contribution >= 4 is 0 Å². The first kappa shape index (κ1) is 13.4. The molecule has 0 bridgehead atoms. The highest BCUT2D eigenvalue weighted by molar-refractivity contribution is 5.39. The van der Waals surface area contributed by atoms with Gasteiger partial charge in [0.1, 0.15) is 5.75 Å². The third-order valence-corrected chi connectivity index (χ3v) is 4.23. The van der Waals surface area contributed by atoms with Gasteiger partial charge >= 0.3 is 0 Å². The van der Waals surface area contributed by atoms with Crippen molar-refractivity contribution in [1.82, 2.24) is 9.80 Å². The highest BCUT2D eigenvalue weighted by atomic mass is 16.5. The van der Waals surface area contributed by atoms with Crippen LogP contribution in [-0.4, -0.2) is 55.7 Å². The molecule has 2 aliphatic rings. The van der Waals surface area contributed by atoms with Crippen LogP contribution in [0.3, 0.4) is 0 Å². The van der Waals surface area contributed by atoms with E-state index in [2.05, 4.69) is 34.1 Å². The molecule has 0 unspecified atom stereocenters. The molecule has 0 aromatic heterocycles. The second-order valence-corrected chi connectivity index (χ2v) is 5.57. The van der Waals surface area contributed by atoms with E-state index < -0.39 is 0 Å². The molecule has 2 heterocycles. The van der Waals surface area contributed by atoms with E-state index >= 15 is 0 Å². The van der Waals surface area contributed by atoms with Crippen molar-refractivity contribution in [2.45, 2.75) is 12.8 Å². The van der Waals surface area contributed by atoms with Crippen molar-refractivity contribution < 1.29 is 4.74 Å². The first-order valence-electron chi connectivity index (χ1n) is 7.41. The molecular weight excluding hydrogens is 250 g/mol. The molecule has 0 spiro atoms. The lowest BCUT2D eigenvalue weighted by Gasteiger charge is -2.33. The van der Waals surface area contributed by atoms with Crippen LogP contribution in [0.2, 0.25) is 0 Å². The number of fused-ring (bicyclic) bond motifs is 1. The molecule has 4 nitrogen and oxygen atoms in total. The predicted molar refractivity (Wildman–Crippen MR) is 77.8 cm³/mol. The fourth-order valence-corrected chi connectivity index (χ4v) is 2.95. The Balaban J connectivity index is 1.47. The van der Waals surface area contributed by atoms with E-state index in [1.54, 1.807) is 0 Å². The molecule has 0 atom stereocenters. The summed E-state index contributed by atoms with van der Waals surface area (Å²) in [5.41, 5.74) is 2.77. The van der Waals surface area contributed by atoms with Crippen LogP contribution in [0.15, 0.2) is 18.2 Å². The monoisotopic (exact) mass is 271 g/mol. The summed E-state index contributed by atoms with van der Waals surface area (Å²) in [5, 5.41) is 8.70. The molecule has 0 saturated carbocycles. The lowest BCUT2D eigenvalue weighted by molar-refractivity contribution is 0.145. The minimum Gasteiger partial charge on any atom is -0.493 e. The van der Waals surface area contributed by atoms with Gasteiger partial charge in [0.2, 0.25) is 0 Å². The zero-order valence-corrected chi connectivity index (χ0v) is 11.8. The van der Waals surface area contributed by atoms with Gasteiger partial charge in [-0.15, -0.1) is 0 Å². The van der Waals surface area contributed by atoms with Crippen LogP contribution in [-0.2, 0) is 12.8 Å². The number of piperazine rings is 1. The summed E-state index contributed by atoms with van der Waals surface area (Å²) in [6.45, 7) is 6.71. The lowest BCUT2D eigenvalue weighted by atomic mass is 10.1. The number of benzene rings is 1. The summed E-state index contributed by atoms with van der Waals surface area (Å²) < 4.78 is 5.54. The standard InChI is InChI=1S/C16H21N3O/c17-5-7-19-10-8-18(9-11-19)6-3-14-1-2-16-15(13-14)4-12-20-16/h1-2,13H,3-4,6-12H2. The Hall–Kier alpha value is -1.57. The molecule has 1 saturated heterocycles. The van der Waals surface area contributed by atoms with E-state index in [1.807, 2.05) is 0 Å². The van der Waals surface area contributed by atoms with Crippen molar-refractivity contribution in [2.24, 2.45) is 0 Å². The van der Waals surface area contributed by atoms with Gasteiger partial charge in [-0.25, -0.2) is 0 Å². The topological polar surface area (TPSA) is 39.5 Å². The van der Waals surface area contributed by atoms with Crippen LogP contribution >= 0.6 is 0 Å². The highest BCUT2D eigenvalue weighted by Gasteiger charge is 2.16. The highest BCUT2D eigenvalue weighted by Crippen LogP contribution is 2.26. The van der Waals surface area contributed by atoms with Crippen LogP contribution in [0.1, 0.15) is 11.1 Å². The van der Waals surface area contributed by atoms with Crippen LogP contribution in [0.5, 0.6) is 5.75 Å². The summed E-state index contributed by atoms with van der Waals surface area (Å²) >= 11 is 0. The van der Waals surface area contributed by atoms with Gasteiger partial charge < -0.3 is 9.64 Å². The van der Waals surface area contributed by atoms with Gasteiger partial charge in [-0.1, -0.05) is 12.1 Å². The van der Waals surface area contributed by atoms with Gasteiger partial charge in [0, 0.05) is 39.1 Å². The molecule has 1 fully saturated rings. The molecule has 1 aromatic rings. The zero-order chi connectivity index (χ0) is 13.8. The lowest BCUT2D eigenvalue weighted by Crippen LogP contribution is -2.46. The van der Waals surface area contributed by atoms with Crippen molar-refractivity contribution in [3.63, 3.8) is 0 Å². The Morgan fingerprint density at radius 2 is 1.95 bits per heavy atom. The molecule has 106 valence electrons. The van der Waals surface area contributed by atoms with Gasteiger partial charge in [-0.05, 0) is 23.6 Å². The largest absolute Gasteiger partial charge is 0.493 e. The Morgan fingerprint density at radius 3 is 2.75 bits per heavy atom. The number of nitriles is 1. The SMILES string of the molecule is N#CCN1CCN(CCc2ccc3c(c2)CCO3)CC1. The van der Waals surface area contributed by atoms with Gasteiger partial charge in [-0.2, -0.15) is 5.26 Å². The average Bonchev–Trinajstić information content (AvgIpc) is 2.94. The summed E-state index contributed by atoms with van der Waals surface area (Å²) in [4.78, 5) is 4.72. The van der Waals surface area contributed by atoms with Crippen LogP contribution < -0.4 is 4.74 Å². The molecule has 2 aliphatic heterocycles. The third-order valence-electron chi connectivity index (χ3n) is 4.23. The smallest absolute Gasteiger partial charge is 0.122 e. The number of rotatable bonds is 4. The Labute approximate surface area is 120 Å². The number of hydrogen-bond donors (Lipinski definition) is 0. The molecule has 0 N–H and O–H groups in total. The predicted octanol–water partition coefficient (Wildman–Crippen LogP) is 1.31. The van der Waals surface area contributed by atoms with Gasteiger partial charge in [0.25, 0.3) is 0 Å². The van der Waals surface area contributed by atoms with Crippen molar-refractivity contribution in [1.29, 1.82) is 5.26 Å². The van der Waals surface area contributed by atoms with E-state index in [4.69, 9.17) is 10.00 Å². The Morgan fingerprint density at radius 1 is 1.15 bits per heavy atom. The molecule has 3 rings (SSSR count). The maximum atomic E-state index is 8.70. The average molecular weight is 271 g/mol. The first-order chi connectivity index (χ1) is 9.85. The molecule has 1 aromatic carbocycles. The maximum Gasteiger partial charge on any atom is 0.122 e. The van der Waals surface area contributed by atoms with Crippen LogP contribution in [0.4, 0.5) is 0 Å². The van der Waals surface area contributed by atoms with Crippen molar-refractivity contribution in [2.75, 3.05) is 45.9 Å². The molecule has 20 heavy (non-hydrogen) atoms. The summed E-state index contributed by atoms with van der Waals surface area (Å²) in [6, 6.07) is 8.83. The minimum absolute atomic E-state index is 0.568. The summed E-state index contributed by atoms with van der Waals surface area (Å²) in [7, 11) is 0. The molecule has 0 amide bonds. The first-order valence-corrected chi connectivity index (χ1v) is 7.41. The molecule has 4 heteroatoms. The van der Waals surface area contributed by atoms with Gasteiger partial charge in [0.15, 0.2) is 0 Å². The number of nitrogens with zero attached hydrogens (tertiary/aromatic N) is 3. The minimum atomic E-state index is 0.568. The fourth-order valence-electron chi connectivity index (χ4n) is 2.95. The van der Waals surface area contributed by atoms with Gasteiger partial charge in [0.05, 0.1) is 19.2 Å². The van der Waals surface area contributed by atoms with E-state index in [0.29, 0.717) is 6.54 Å². The zero-order valence-electron chi connectivity index (χ0n) is 11.8. The summed E-state index contributed by atoms with van der Waals surface area (Å²) in [5.74, 6) is 1.07. The van der Waals surface area contributed by atoms with Crippen LogP contribution in [0, 0.1) is 11.3 Å². The number of hydrogen-bond acceptors (Lipinski definition) is 4. The maximum absolute atomic E-state index is 8.70. The van der Waals surface area contributed by atoms with Crippen LogP contribution in [0.25, 0.3) is 0 Å². The second kappa shape index (κ2) is 6.25. The molecule has 0 aliphatic carbocycles. The number of ether oxygens (including phenoxy) is 1. The van der Waals surface area contributed by atoms with Crippen molar-refractivity contribution in [3.05, 3.63) is 29.3 Å². The Bertz CT molecular complexity index is 501. The normalized spacial score (nSPS) is 19.4. The van der Waals surface area contributed by atoms with E-state index in [9.17, 15) is 0 Å². The van der Waals surface area contributed by atoms with E-state index in [-0.39, 0.29) is 0 Å². The third kappa shape index (κ3) is 3.12. The summed E-state index contributed by atoms with van der Waals surface area (Å²) in [6.07, 6.45) is 2.15. The molecule has 0 radical (unpaired) electrons. The molecular formula is C16H21N3O. The van der Waals surface area contributed by atoms with E-state index in [1.165, 1.54) is 11.1 Å². The second-order valence-electron chi connectivity index (χ2n) is 5.57. The Kier molecular flexibility index (Phi) is 4.19. The van der Waals surface area contributed by atoms with Crippen molar-refractivity contribution in [3.8, 4) is 11.8 Å². The van der Waals surface area contributed by atoms with Gasteiger partial charge in [-0.3, -0.25) is 4.90 Å². The van der Waals surface area contributed by atoms with E-state index in [0.717, 1.165) is 57.9 Å².